The van der Waals surface area contributed by atoms with E-state index >= 15 is 0 Å². The summed E-state index contributed by atoms with van der Waals surface area (Å²) in [7, 11) is 0. The molecule has 0 spiro atoms. The molecular formula is C16H15Cl. The molecule has 0 radical (unpaired) electrons. The van der Waals surface area contributed by atoms with Gasteiger partial charge < -0.3 is 0 Å². The molecule has 0 N–H and O–H groups in total. The van der Waals surface area contributed by atoms with Crippen molar-refractivity contribution in [3.63, 3.8) is 0 Å². The molecule has 0 amide bonds. The number of hydrogen-bond donors (Lipinski definition) is 0. The van der Waals surface area contributed by atoms with Gasteiger partial charge in [-0.2, -0.15) is 0 Å². The minimum Gasteiger partial charge on any atom is -0.122 e. The Kier molecular flexibility index (Phi) is 4.40. The summed E-state index contributed by atoms with van der Waals surface area (Å²) in [6.07, 6.45) is 5.30. The van der Waals surface area contributed by atoms with Gasteiger partial charge in [0, 0.05) is 5.88 Å². The number of hydrogen-bond acceptors (Lipinski definition) is 0. The van der Waals surface area contributed by atoms with Crippen LogP contribution in [-0.2, 0) is 12.3 Å². The van der Waals surface area contributed by atoms with Crippen molar-refractivity contribution in [2.75, 3.05) is 0 Å². The lowest BCUT2D eigenvalue weighted by atomic mass is 10.1. The molecule has 0 fully saturated rings. The zero-order chi connectivity index (χ0) is 11.9. The average molecular weight is 243 g/mol. The highest BCUT2D eigenvalue weighted by Gasteiger charge is 1.90. The minimum absolute atomic E-state index is 0.577. The summed E-state index contributed by atoms with van der Waals surface area (Å²) in [4.78, 5) is 0. The molecule has 17 heavy (non-hydrogen) atoms. The lowest BCUT2D eigenvalue weighted by Crippen LogP contribution is -1.80. The third-order valence-corrected chi connectivity index (χ3v) is 2.95. The maximum atomic E-state index is 5.75. The van der Waals surface area contributed by atoms with Crippen LogP contribution in [0.5, 0.6) is 0 Å². The Morgan fingerprint density at radius 2 is 1.53 bits per heavy atom. The molecule has 0 atom stereocenters. The molecule has 86 valence electrons. The van der Waals surface area contributed by atoms with Crippen LogP contribution in [0.2, 0.25) is 0 Å². The lowest BCUT2D eigenvalue weighted by Gasteiger charge is -1.97. The Balaban J connectivity index is 1.96. The molecule has 0 aliphatic rings. The molecule has 0 bridgehead atoms. The maximum Gasteiger partial charge on any atom is 0.0474 e. The summed E-state index contributed by atoms with van der Waals surface area (Å²) >= 11 is 5.75. The fraction of sp³-hybridized carbons (Fsp3) is 0.125. The van der Waals surface area contributed by atoms with Crippen LogP contribution in [0.4, 0.5) is 0 Å². The van der Waals surface area contributed by atoms with Gasteiger partial charge in [0.25, 0.3) is 0 Å². The van der Waals surface area contributed by atoms with E-state index in [4.69, 9.17) is 11.6 Å². The van der Waals surface area contributed by atoms with Gasteiger partial charge in [0.05, 0.1) is 0 Å². The van der Waals surface area contributed by atoms with E-state index in [0.717, 1.165) is 12.0 Å². The molecule has 0 aliphatic heterocycles. The Hall–Kier alpha value is -1.53. The summed E-state index contributed by atoms with van der Waals surface area (Å²) in [6, 6.07) is 18.8. The van der Waals surface area contributed by atoms with Gasteiger partial charge in [-0.3, -0.25) is 0 Å². The van der Waals surface area contributed by atoms with E-state index in [1.54, 1.807) is 0 Å². The second-order valence-corrected chi connectivity index (χ2v) is 4.23. The first kappa shape index (κ1) is 11.9. The third-order valence-electron chi connectivity index (χ3n) is 2.64. The molecule has 1 heteroatoms. The quantitative estimate of drug-likeness (QED) is 0.683. The molecule has 0 saturated heterocycles. The first-order chi connectivity index (χ1) is 8.38. The standard InChI is InChI=1S/C16H15Cl/c17-13-16-11-9-15(10-12-16)8-4-7-14-5-2-1-3-6-14/h1-6,8-12H,7,13H2/b8-4+. The van der Waals surface area contributed by atoms with Crippen molar-refractivity contribution in [3.05, 3.63) is 77.4 Å². The molecule has 0 aromatic heterocycles. The van der Waals surface area contributed by atoms with Crippen LogP contribution in [0.15, 0.2) is 60.7 Å². The van der Waals surface area contributed by atoms with Gasteiger partial charge in [-0.15, -0.1) is 11.6 Å². The predicted molar refractivity (Wildman–Crippen MR) is 75.2 cm³/mol. The number of allylic oxidation sites excluding steroid dienone is 1. The Morgan fingerprint density at radius 1 is 0.824 bits per heavy atom. The van der Waals surface area contributed by atoms with Gasteiger partial charge in [-0.25, -0.2) is 0 Å². The van der Waals surface area contributed by atoms with E-state index in [2.05, 4.69) is 60.7 Å². The SMILES string of the molecule is ClCc1ccc(/C=C/Cc2ccccc2)cc1. The molecule has 0 saturated carbocycles. The van der Waals surface area contributed by atoms with Gasteiger partial charge in [-0.1, -0.05) is 66.7 Å². The van der Waals surface area contributed by atoms with E-state index in [-0.39, 0.29) is 0 Å². The summed E-state index contributed by atoms with van der Waals surface area (Å²) in [5, 5.41) is 0. The van der Waals surface area contributed by atoms with Crippen LogP contribution in [-0.4, -0.2) is 0 Å². The first-order valence-electron chi connectivity index (χ1n) is 5.74. The monoisotopic (exact) mass is 242 g/mol. The number of benzene rings is 2. The molecule has 2 aromatic carbocycles. The van der Waals surface area contributed by atoms with E-state index in [9.17, 15) is 0 Å². The van der Waals surface area contributed by atoms with Crippen LogP contribution in [0.3, 0.4) is 0 Å². The van der Waals surface area contributed by atoms with Gasteiger partial charge >= 0.3 is 0 Å². The predicted octanol–water partition coefficient (Wildman–Crippen LogP) is 4.68. The topological polar surface area (TPSA) is 0 Å². The van der Waals surface area contributed by atoms with Crippen molar-refractivity contribution in [1.82, 2.24) is 0 Å². The Labute approximate surface area is 108 Å². The van der Waals surface area contributed by atoms with Crippen molar-refractivity contribution in [1.29, 1.82) is 0 Å². The van der Waals surface area contributed by atoms with Gasteiger partial charge in [-0.05, 0) is 23.1 Å². The summed E-state index contributed by atoms with van der Waals surface area (Å²) < 4.78 is 0. The van der Waals surface area contributed by atoms with Crippen LogP contribution < -0.4 is 0 Å². The first-order valence-corrected chi connectivity index (χ1v) is 6.27. The van der Waals surface area contributed by atoms with E-state index in [1.807, 2.05) is 6.07 Å². The molecule has 0 heterocycles. The van der Waals surface area contributed by atoms with Crippen molar-refractivity contribution < 1.29 is 0 Å². The fourth-order valence-corrected chi connectivity index (χ4v) is 1.84. The number of halogens is 1. The van der Waals surface area contributed by atoms with E-state index in [1.165, 1.54) is 11.1 Å². The molecule has 2 aromatic rings. The molecule has 0 nitrogen and oxygen atoms in total. The normalized spacial score (nSPS) is 10.9. The van der Waals surface area contributed by atoms with Crippen LogP contribution in [0.25, 0.3) is 6.08 Å². The highest BCUT2D eigenvalue weighted by Crippen LogP contribution is 2.09. The van der Waals surface area contributed by atoms with Crippen molar-refractivity contribution in [3.8, 4) is 0 Å². The van der Waals surface area contributed by atoms with Crippen molar-refractivity contribution in [2.45, 2.75) is 12.3 Å². The van der Waals surface area contributed by atoms with Crippen molar-refractivity contribution >= 4 is 17.7 Å². The van der Waals surface area contributed by atoms with Crippen LogP contribution >= 0.6 is 11.6 Å². The fourth-order valence-electron chi connectivity index (χ4n) is 1.66. The zero-order valence-electron chi connectivity index (χ0n) is 9.64. The minimum atomic E-state index is 0.577. The lowest BCUT2D eigenvalue weighted by molar-refractivity contribution is 1.28. The van der Waals surface area contributed by atoms with Crippen LogP contribution in [0, 0.1) is 0 Å². The zero-order valence-corrected chi connectivity index (χ0v) is 10.4. The highest BCUT2D eigenvalue weighted by molar-refractivity contribution is 6.17. The highest BCUT2D eigenvalue weighted by atomic mass is 35.5. The second-order valence-electron chi connectivity index (χ2n) is 3.97. The van der Waals surface area contributed by atoms with E-state index < -0.39 is 0 Å². The maximum absolute atomic E-state index is 5.75. The number of rotatable bonds is 4. The third kappa shape index (κ3) is 3.76. The second kappa shape index (κ2) is 6.27. The summed E-state index contributed by atoms with van der Waals surface area (Å²) in [5.74, 6) is 0.577. The van der Waals surface area contributed by atoms with Crippen LogP contribution in [0.1, 0.15) is 16.7 Å². The Bertz CT molecular complexity index is 469. The smallest absolute Gasteiger partial charge is 0.0474 e. The van der Waals surface area contributed by atoms with Gasteiger partial charge in [0.2, 0.25) is 0 Å². The molecule has 0 aliphatic carbocycles. The van der Waals surface area contributed by atoms with E-state index in [0.29, 0.717) is 5.88 Å². The summed E-state index contributed by atoms with van der Waals surface area (Å²) in [6.45, 7) is 0. The van der Waals surface area contributed by atoms with Crippen molar-refractivity contribution in [2.24, 2.45) is 0 Å². The number of alkyl halides is 1. The average Bonchev–Trinajstić information content (AvgIpc) is 2.41. The molecular weight excluding hydrogens is 228 g/mol. The largest absolute Gasteiger partial charge is 0.122 e. The Morgan fingerprint density at radius 3 is 2.18 bits per heavy atom. The van der Waals surface area contributed by atoms with Gasteiger partial charge in [0.1, 0.15) is 0 Å². The molecule has 0 unspecified atom stereocenters. The molecule has 2 rings (SSSR count). The summed E-state index contributed by atoms with van der Waals surface area (Å²) in [5.41, 5.74) is 3.71. The van der Waals surface area contributed by atoms with Gasteiger partial charge in [0.15, 0.2) is 0 Å².